The van der Waals surface area contributed by atoms with Crippen molar-refractivity contribution in [2.45, 2.75) is 47.0 Å². The Morgan fingerprint density at radius 2 is 0.871 bits per heavy atom. The van der Waals surface area contributed by atoms with E-state index in [1.54, 1.807) is 0 Å². The normalized spacial score (nSPS) is 13.7. The Morgan fingerprint density at radius 3 is 1.32 bits per heavy atom. The first-order valence-electron chi connectivity index (χ1n) is 11.2. The van der Waals surface area contributed by atoms with Crippen molar-refractivity contribution in [1.82, 2.24) is 0 Å². The number of rotatable bonds is 2. The Kier molecular flexibility index (Phi) is 4.45. The number of benzene rings is 4. The van der Waals surface area contributed by atoms with Gasteiger partial charge >= 0.3 is 0 Å². The third kappa shape index (κ3) is 2.97. The van der Waals surface area contributed by atoms with Crippen LogP contribution in [0, 0.1) is 34.6 Å². The van der Waals surface area contributed by atoms with Crippen LogP contribution in [0.2, 0.25) is 0 Å². The second-order valence-corrected chi connectivity index (χ2v) is 9.53. The van der Waals surface area contributed by atoms with Gasteiger partial charge in [-0.25, -0.2) is 0 Å². The molecule has 0 radical (unpaired) electrons. The van der Waals surface area contributed by atoms with Crippen molar-refractivity contribution in [1.29, 1.82) is 0 Å². The van der Waals surface area contributed by atoms with Gasteiger partial charge in [-0.15, -0.1) is 0 Å². The summed E-state index contributed by atoms with van der Waals surface area (Å²) in [5, 5.41) is 0. The summed E-state index contributed by atoms with van der Waals surface area (Å²) < 4.78 is 0. The van der Waals surface area contributed by atoms with Crippen molar-refractivity contribution < 1.29 is 0 Å². The van der Waals surface area contributed by atoms with Crippen LogP contribution in [0.5, 0.6) is 0 Å². The van der Waals surface area contributed by atoms with Crippen LogP contribution in [0.15, 0.2) is 72.8 Å². The molecule has 0 nitrogen and oxygen atoms in total. The smallest absolute Gasteiger partial charge is 0.0435 e. The Labute approximate surface area is 186 Å². The zero-order valence-electron chi connectivity index (χ0n) is 19.4. The van der Waals surface area contributed by atoms with Gasteiger partial charge in [0.1, 0.15) is 0 Å². The largest absolute Gasteiger partial charge is 0.0587 e. The highest BCUT2D eigenvalue weighted by atomic mass is 14.4. The summed E-state index contributed by atoms with van der Waals surface area (Å²) in [4.78, 5) is 0. The molecule has 0 saturated heterocycles. The summed E-state index contributed by atoms with van der Waals surface area (Å²) in [6.07, 6.45) is 0. The summed E-state index contributed by atoms with van der Waals surface area (Å²) in [7, 11) is 0. The fraction of sp³-hybridized carbons (Fsp3) is 0.226. The van der Waals surface area contributed by atoms with Crippen LogP contribution in [-0.2, 0) is 5.41 Å². The van der Waals surface area contributed by atoms with Gasteiger partial charge in [0.25, 0.3) is 0 Å². The van der Waals surface area contributed by atoms with Crippen LogP contribution in [0.1, 0.15) is 51.4 Å². The highest BCUT2D eigenvalue weighted by Crippen LogP contribution is 2.53. The second kappa shape index (κ2) is 6.95. The van der Waals surface area contributed by atoms with E-state index in [0.717, 1.165) is 0 Å². The molecule has 0 heterocycles. The van der Waals surface area contributed by atoms with E-state index in [4.69, 9.17) is 0 Å². The van der Waals surface area contributed by atoms with Gasteiger partial charge in [0.2, 0.25) is 0 Å². The number of aryl methyl sites for hydroxylation is 5. The zero-order valence-corrected chi connectivity index (χ0v) is 19.4. The molecule has 0 atom stereocenters. The van der Waals surface area contributed by atoms with E-state index in [-0.39, 0.29) is 5.41 Å². The fourth-order valence-electron chi connectivity index (χ4n) is 5.10. The summed E-state index contributed by atoms with van der Waals surface area (Å²) in [6, 6.07) is 27.7. The molecule has 5 rings (SSSR count). The van der Waals surface area contributed by atoms with Gasteiger partial charge in [0, 0.05) is 5.41 Å². The lowest BCUT2D eigenvalue weighted by Gasteiger charge is -2.29. The van der Waals surface area contributed by atoms with Crippen molar-refractivity contribution in [3.63, 3.8) is 0 Å². The van der Waals surface area contributed by atoms with Crippen molar-refractivity contribution in [2.24, 2.45) is 0 Å². The van der Waals surface area contributed by atoms with Gasteiger partial charge in [-0.05, 0) is 103 Å². The van der Waals surface area contributed by atoms with E-state index in [9.17, 15) is 0 Å². The molecule has 0 N–H and O–H groups in total. The molecule has 0 amide bonds. The van der Waals surface area contributed by atoms with E-state index < -0.39 is 0 Å². The molecule has 1 aliphatic carbocycles. The Balaban J connectivity index is 1.71. The van der Waals surface area contributed by atoms with Crippen LogP contribution in [-0.4, -0.2) is 0 Å². The van der Waals surface area contributed by atoms with Crippen molar-refractivity contribution >= 4 is 0 Å². The predicted molar refractivity (Wildman–Crippen MR) is 133 cm³/mol. The molecule has 154 valence electrons. The van der Waals surface area contributed by atoms with Crippen LogP contribution in [0.25, 0.3) is 22.3 Å². The molecule has 0 aromatic heterocycles. The predicted octanol–water partition coefficient (Wildman–Crippen LogP) is 8.23. The monoisotopic (exact) mass is 402 g/mol. The molecule has 0 fully saturated rings. The summed E-state index contributed by atoms with van der Waals surface area (Å²) in [6.45, 7) is 13.5. The Hall–Kier alpha value is -3.12. The molecule has 0 unspecified atom stereocenters. The molecule has 0 spiro atoms. The van der Waals surface area contributed by atoms with E-state index in [2.05, 4.69) is 114 Å². The number of hydrogen-bond acceptors (Lipinski definition) is 0. The summed E-state index contributed by atoms with van der Waals surface area (Å²) in [5.74, 6) is 0. The Morgan fingerprint density at radius 1 is 0.484 bits per heavy atom. The van der Waals surface area contributed by atoms with Gasteiger partial charge < -0.3 is 0 Å². The van der Waals surface area contributed by atoms with E-state index >= 15 is 0 Å². The first-order valence-corrected chi connectivity index (χ1v) is 11.2. The first-order chi connectivity index (χ1) is 14.8. The minimum atomic E-state index is -0.145. The number of hydrogen-bond donors (Lipinski definition) is 0. The molecule has 0 saturated carbocycles. The first kappa shape index (κ1) is 19.8. The van der Waals surface area contributed by atoms with E-state index in [0.29, 0.717) is 0 Å². The Bertz CT molecular complexity index is 1240. The molecule has 1 aliphatic rings. The number of fused-ring (bicyclic) bond motifs is 3. The highest BCUT2D eigenvalue weighted by Gasteiger charge is 2.41. The van der Waals surface area contributed by atoms with Crippen LogP contribution >= 0.6 is 0 Å². The van der Waals surface area contributed by atoms with Crippen LogP contribution in [0.4, 0.5) is 0 Å². The molecule has 0 heteroatoms. The van der Waals surface area contributed by atoms with Gasteiger partial charge in [-0.1, -0.05) is 78.4 Å². The molecular weight excluding hydrogens is 372 g/mol. The maximum absolute atomic E-state index is 2.42. The van der Waals surface area contributed by atoms with Crippen molar-refractivity contribution in [3.8, 4) is 22.3 Å². The second-order valence-electron chi connectivity index (χ2n) is 9.53. The molecular formula is C31H30. The minimum Gasteiger partial charge on any atom is -0.0587 e. The van der Waals surface area contributed by atoms with Gasteiger partial charge in [0.05, 0.1) is 0 Å². The third-order valence-electron chi connectivity index (χ3n) is 7.48. The maximum atomic E-state index is 2.42. The van der Waals surface area contributed by atoms with Crippen LogP contribution < -0.4 is 0 Å². The van der Waals surface area contributed by atoms with Gasteiger partial charge in [-0.3, -0.25) is 0 Å². The van der Waals surface area contributed by atoms with Gasteiger partial charge in [-0.2, -0.15) is 0 Å². The van der Waals surface area contributed by atoms with Crippen LogP contribution in [0.3, 0.4) is 0 Å². The summed E-state index contributed by atoms with van der Waals surface area (Å²) in [5.41, 5.74) is 16.1. The lowest BCUT2D eigenvalue weighted by molar-refractivity contribution is 0.712. The summed E-state index contributed by atoms with van der Waals surface area (Å²) >= 11 is 0. The average Bonchev–Trinajstić information content (AvgIpc) is 2.98. The molecule has 4 aromatic rings. The SMILES string of the molecule is Cc1ccc(-c2ccc(C3(C)c4cc(C)c(C)cc4-c4cc(C)c(C)cc43)cc2)cc1. The molecule has 0 bridgehead atoms. The van der Waals surface area contributed by atoms with Crippen molar-refractivity contribution in [2.75, 3.05) is 0 Å². The molecule has 31 heavy (non-hydrogen) atoms. The highest BCUT2D eigenvalue weighted by molar-refractivity contribution is 5.85. The molecule has 0 aliphatic heterocycles. The quantitative estimate of drug-likeness (QED) is 0.317. The van der Waals surface area contributed by atoms with E-state index in [1.807, 2.05) is 0 Å². The van der Waals surface area contributed by atoms with Gasteiger partial charge in [0.15, 0.2) is 0 Å². The topological polar surface area (TPSA) is 0 Å². The fourth-order valence-corrected chi connectivity index (χ4v) is 5.10. The third-order valence-corrected chi connectivity index (χ3v) is 7.48. The van der Waals surface area contributed by atoms with Crippen molar-refractivity contribution in [3.05, 3.63) is 117 Å². The standard InChI is InChI=1S/C31H30/c1-19-7-9-24(10-8-19)25-11-13-26(14-12-25)31(6)29-17-22(4)20(2)15-27(29)28-16-21(3)23(5)18-30(28)31/h7-18H,1-6H3. The van der Waals surface area contributed by atoms with E-state index in [1.165, 1.54) is 66.8 Å². The molecule has 4 aromatic carbocycles. The minimum absolute atomic E-state index is 0.145. The zero-order chi connectivity index (χ0) is 21.9. The lowest BCUT2D eigenvalue weighted by Crippen LogP contribution is -2.22. The maximum Gasteiger partial charge on any atom is 0.0435 e. The average molecular weight is 403 g/mol. The lowest BCUT2D eigenvalue weighted by atomic mass is 9.73.